The quantitative estimate of drug-likeness (QED) is 0.0402. The number of benzene rings is 2. The number of amides is 2. The number of anilines is 1. The van der Waals surface area contributed by atoms with Crippen molar-refractivity contribution in [2.75, 3.05) is 11.5 Å². The predicted molar refractivity (Wildman–Crippen MR) is 165 cm³/mol. The van der Waals surface area contributed by atoms with Crippen molar-refractivity contribution in [2.24, 2.45) is 5.16 Å². The van der Waals surface area contributed by atoms with Crippen LogP contribution in [-0.4, -0.2) is 96.5 Å². The second-order valence-electron chi connectivity index (χ2n) is 10.1. The Bertz CT molecular complexity index is 2000. The summed E-state index contributed by atoms with van der Waals surface area (Å²) in [5.74, 6) is -2.89. The van der Waals surface area contributed by atoms with E-state index in [0.29, 0.717) is 16.7 Å². The number of nitrogens with one attached hydrogen (secondary N) is 1. The van der Waals surface area contributed by atoms with Crippen molar-refractivity contribution in [1.82, 2.24) is 35.4 Å². The molecule has 21 heteroatoms. The molecule has 248 valence electrons. The first-order valence-electron chi connectivity index (χ1n) is 13.6. The van der Waals surface area contributed by atoms with Crippen LogP contribution in [0.4, 0.5) is 9.93 Å². The average molecular weight is 698 g/mol. The van der Waals surface area contributed by atoms with Crippen LogP contribution in [0, 0.1) is 0 Å². The number of β-lactam (4-membered cyclic amide) rings is 1. The van der Waals surface area contributed by atoms with Gasteiger partial charge in [-0.05, 0) is 46.3 Å². The number of ether oxygens (including phenoxy) is 1. The Morgan fingerprint density at radius 1 is 1.08 bits per heavy atom. The molecular weight excluding hydrogens is 674 g/mol. The van der Waals surface area contributed by atoms with Gasteiger partial charge >= 0.3 is 6.16 Å². The summed E-state index contributed by atoms with van der Waals surface area (Å²) in [5.41, 5.74) is 6.63. The van der Waals surface area contributed by atoms with Crippen molar-refractivity contribution in [3.8, 4) is 34.4 Å². The van der Waals surface area contributed by atoms with Crippen LogP contribution in [-0.2, 0) is 32.3 Å². The first kappa shape index (κ1) is 31.9. The summed E-state index contributed by atoms with van der Waals surface area (Å²) in [6.07, 6.45) is -1.68. The number of nitrogen functional groups attached to an aromatic ring is 1. The van der Waals surface area contributed by atoms with Gasteiger partial charge in [0.1, 0.15) is 23.7 Å². The van der Waals surface area contributed by atoms with Gasteiger partial charge in [0.15, 0.2) is 39.7 Å². The fourth-order valence-electron chi connectivity index (χ4n) is 4.72. The van der Waals surface area contributed by atoms with Crippen molar-refractivity contribution in [3.05, 3.63) is 64.5 Å². The number of thioether (sulfide) groups is 1. The highest BCUT2D eigenvalue weighted by Crippen LogP contribution is 2.41. The van der Waals surface area contributed by atoms with E-state index in [4.69, 9.17) is 15.3 Å². The molecule has 0 unspecified atom stereocenters. The van der Waals surface area contributed by atoms with Crippen LogP contribution >= 0.6 is 23.1 Å². The van der Waals surface area contributed by atoms with Gasteiger partial charge < -0.3 is 46.2 Å². The maximum Gasteiger partial charge on any atom is 0.512 e. The number of carbonyl (C=O) groups excluding carboxylic acids is 2. The van der Waals surface area contributed by atoms with Gasteiger partial charge in [0, 0.05) is 22.3 Å². The minimum absolute atomic E-state index is 0.0692. The predicted octanol–water partition coefficient (Wildman–Crippen LogP) is 1.13. The van der Waals surface area contributed by atoms with Gasteiger partial charge in [0.25, 0.3) is 11.8 Å². The summed E-state index contributed by atoms with van der Waals surface area (Å²) < 4.78 is 6.35. The van der Waals surface area contributed by atoms with Gasteiger partial charge in [0.05, 0.1) is 6.54 Å². The van der Waals surface area contributed by atoms with Gasteiger partial charge in [-0.2, -0.15) is 0 Å². The van der Waals surface area contributed by atoms with E-state index in [1.54, 1.807) is 0 Å². The number of aromatic nitrogens is 5. The van der Waals surface area contributed by atoms with E-state index in [1.807, 2.05) is 0 Å². The van der Waals surface area contributed by atoms with Crippen molar-refractivity contribution >= 4 is 51.9 Å². The number of thiazole rings is 1. The van der Waals surface area contributed by atoms with Crippen LogP contribution < -0.4 is 11.1 Å². The zero-order valence-electron chi connectivity index (χ0n) is 24.1. The molecule has 0 spiro atoms. The molecule has 2 atom stereocenters. The normalized spacial score (nSPS) is 17.5. The zero-order valence-corrected chi connectivity index (χ0v) is 25.8. The molecule has 0 bridgehead atoms. The number of nitrogens with zero attached hydrogens (tertiary/aromatic N) is 7. The highest BCUT2D eigenvalue weighted by Gasteiger charge is 2.54. The van der Waals surface area contributed by atoms with E-state index < -0.39 is 35.1 Å². The first-order chi connectivity index (χ1) is 23.0. The van der Waals surface area contributed by atoms with Crippen LogP contribution in [0.25, 0.3) is 11.4 Å². The highest BCUT2D eigenvalue weighted by atomic mass is 32.2. The molecule has 1 fully saturated rings. The van der Waals surface area contributed by atoms with Crippen molar-refractivity contribution in [3.63, 3.8) is 0 Å². The molecule has 2 aromatic heterocycles. The molecule has 2 aliphatic rings. The average Bonchev–Trinajstić information content (AvgIpc) is 3.70. The standard InChI is InChI=1S/C27H23N9O10S2/c28-26-29-14(10-48-26)19(32-45-8-11-1-3-15(37)17(39)5-11)22(41)30-20-23(42)36-24(46-27(43)44)13(9-47-25(20)36)7-35-21(31-33-34-35)12-2-4-16(38)18(40)6-12/h1-6,10,20,25,37-40H,7-9H2,(H2,28,29)(H,30,41)(H,43,44)/b32-19-/t20-,25-/m1/s1. The van der Waals surface area contributed by atoms with Gasteiger partial charge in [-0.15, -0.1) is 28.2 Å². The number of hydrogen-bond acceptors (Lipinski definition) is 17. The smallest absolute Gasteiger partial charge is 0.504 e. The molecule has 2 aliphatic heterocycles. The minimum atomic E-state index is -1.68. The van der Waals surface area contributed by atoms with Crippen molar-refractivity contribution < 1.29 is 49.5 Å². The van der Waals surface area contributed by atoms with Gasteiger partial charge in [-0.3, -0.25) is 14.5 Å². The number of oxime groups is 1. The van der Waals surface area contributed by atoms with Crippen LogP contribution in [0.3, 0.4) is 0 Å². The van der Waals surface area contributed by atoms with Gasteiger partial charge in [0.2, 0.25) is 5.88 Å². The van der Waals surface area contributed by atoms with Crippen LogP contribution in [0.1, 0.15) is 11.3 Å². The third-order valence-electron chi connectivity index (χ3n) is 6.98. The molecular formula is C27H23N9O10S2. The summed E-state index contributed by atoms with van der Waals surface area (Å²) in [5, 5.41) is 67.1. The third kappa shape index (κ3) is 6.30. The highest BCUT2D eigenvalue weighted by molar-refractivity contribution is 8.00. The lowest BCUT2D eigenvalue weighted by atomic mass is 10.1. The second kappa shape index (κ2) is 13.0. The lowest BCUT2D eigenvalue weighted by molar-refractivity contribution is -0.148. The number of nitrogens with two attached hydrogens (primary N) is 1. The Morgan fingerprint density at radius 3 is 2.52 bits per heavy atom. The number of phenols is 4. The number of fused-ring (bicyclic) bond motifs is 1. The molecule has 2 amide bonds. The van der Waals surface area contributed by atoms with Gasteiger partial charge in [-0.1, -0.05) is 11.2 Å². The fraction of sp³-hybridized carbons (Fsp3) is 0.185. The maximum atomic E-state index is 13.4. The van der Waals surface area contributed by atoms with E-state index in [9.17, 15) is 39.9 Å². The molecule has 0 aliphatic carbocycles. The molecule has 2 aromatic carbocycles. The number of carbonyl (C=O) groups is 3. The Kier molecular flexibility index (Phi) is 8.61. The number of hydrogen-bond donors (Lipinski definition) is 7. The summed E-state index contributed by atoms with van der Waals surface area (Å²) >= 11 is 2.26. The molecule has 0 radical (unpaired) electrons. The molecule has 0 saturated carbocycles. The number of aromatic hydroxyl groups is 4. The molecule has 19 nitrogen and oxygen atoms in total. The minimum Gasteiger partial charge on any atom is -0.504 e. The number of rotatable bonds is 10. The Morgan fingerprint density at radius 2 is 1.83 bits per heavy atom. The fourth-order valence-corrected chi connectivity index (χ4v) is 6.58. The lowest BCUT2D eigenvalue weighted by Crippen LogP contribution is -2.70. The topological polar surface area (TPSA) is 281 Å². The first-order valence-corrected chi connectivity index (χ1v) is 15.5. The Balaban J connectivity index is 1.20. The SMILES string of the molecule is Nc1nc(/C(=N/OCc2ccc(O)c(O)c2)C(=O)N[C@@H]2C(=O)N3C(OC(=O)O)=C(Cn4nnnc4-c4ccc(O)c(O)c4)CS[C@H]23)cs1. The van der Waals surface area contributed by atoms with Crippen LogP contribution in [0.5, 0.6) is 23.0 Å². The molecule has 6 rings (SSSR count). The molecule has 4 aromatic rings. The monoisotopic (exact) mass is 697 g/mol. The largest absolute Gasteiger partial charge is 0.512 e. The van der Waals surface area contributed by atoms with E-state index >= 15 is 0 Å². The number of phenolic OH excluding ortho intramolecular Hbond substituents is 4. The molecule has 4 heterocycles. The molecule has 8 N–H and O–H groups in total. The Hall–Kier alpha value is -6.09. The second-order valence-corrected chi connectivity index (χ2v) is 12.1. The van der Waals surface area contributed by atoms with Crippen molar-refractivity contribution in [2.45, 2.75) is 24.6 Å². The van der Waals surface area contributed by atoms with Crippen LogP contribution in [0.2, 0.25) is 0 Å². The van der Waals surface area contributed by atoms with E-state index in [2.05, 4.69) is 31.0 Å². The maximum absolute atomic E-state index is 13.4. The third-order valence-corrected chi connectivity index (χ3v) is 8.99. The van der Waals surface area contributed by atoms with Crippen LogP contribution in [0.15, 0.2) is 58.4 Å². The summed E-state index contributed by atoms with van der Waals surface area (Å²) in [6.45, 7) is -0.301. The van der Waals surface area contributed by atoms with Crippen molar-refractivity contribution in [1.29, 1.82) is 0 Å². The molecule has 48 heavy (non-hydrogen) atoms. The van der Waals surface area contributed by atoms with E-state index in [0.717, 1.165) is 16.2 Å². The van der Waals surface area contributed by atoms with Gasteiger partial charge in [-0.25, -0.2) is 14.5 Å². The Labute approximate surface area is 276 Å². The lowest BCUT2D eigenvalue weighted by Gasteiger charge is -2.49. The van der Waals surface area contributed by atoms with E-state index in [-0.39, 0.29) is 64.4 Å². The summed E-state index contributed by atoms with van der Waals surface area (Å²) in [4.78, 5) is 49.0. The number of carboxylic acid groups (broad SMARTS) is 1. The summed E-state index contributed by atoms with van der Waals surface area (Å²) in [7, 11) is 0. The van der Waals surface area contributed by atoms with E-state index in [1.165, 1.54) is 58.2 Å². The number of tetrazole rings is 1. The zero-order chi connectivity index (χ0) is 34.1. The molecule has 1 saturated heterocycles. The summed E-state index contributed by atoms with van der Waals surface area (Å²) in [6, 6.07) is 6.85.